The van der Waals surface area contributed by atoms with Crippen molar-refractivity contribution in [2.45, 2.75) is 49.3 Å². The molecule has 9 N–H and O–H groups in total. The number of hydrogen-bond acceptors (Lipinski definition) is 6. The number of unbranched alkanes of at least 4 members (excludes halogenated alkanes) is 2. The summed E-state index contributed by atoms with van der Waals surface area (Å²) < 4.78 is 1.72. The third-order valence-corrected chi connectivity index (χ3v) is 9.16. The van der Waals surface area contributed by atoms with Gasteiger partial charge in [0.05, 0.1) is 5.92 Å². The predicted molar refractivity (Wildman–Crippen MR) is 170 cm³/mol. The summed E-state index contributed by atoms with van der Waals surface area (Å²) in [6.45, 7) is 1.18. The summed E-state index contributed by atoms with van der Waals surface area (Å²) in [5.41, 5.74) is 9.56. The normalized spacial score (nSPS) is 22.5. The number of fused-ring (bicyclic) bond motifs is 2. The van der Waals surface area contributed by atoms with Crippen LogP contribution in [0.25, 0.3) is 21.8 Å². The summed E-state index contributed by atoms with van der Waals surface area (Å²) in [7, 11) is 0. The molecule has 1 aliphatic heterocycles. The van der Waals surface area contributed by atoms with Crippen LogP contribution < -0.4 is 16.8 Å². The molecule has 2 aromatic heterocycles. The lowest BCUT2D eigenvalue weighted by atomic mass is 9.75. The van der Waals surface area contributed by atoms with Gasteiger partial charge in [-0.05, 0) is 74.2 Å². The number of hydrogen-bond donors (Lipinski definition) is 7. The van der Waals surface area contributed by atoms with Crippen LogP contribution in [0.4, 0.5) is 0 Å². The molecule has 10 nitrogen and oxygen atoms in total. The number of rotatable bonds is 12. The van der Waals surface area contributed by atoms with Gasteiger partial charge in [0.1, 0.15) is 0 Å². The molecule has 3 atom stereocenters. The summed E-state index contributed by atoms with van der Waals surface area (Å²) in [5, 5.41) is 29.5. The van der Waals surface area contributed by atoms with Gasteiger partial charge < -0.3 is 41.9 Å². The fourth-order valence-electron chi connectivity index (χ4n) is 6.15. The highest BCUT2D eigenvalue weighted by molar-refractivity contribution is 9.10. The summed E-state index contributed by atoms with van der Waals surface area (Å²) in [6.07, 6.45) is 5.64. The van der Waals surface area contributed by atoms with Crippen molar-refractivity contribution in [3.8, 4) is 0 Å². The van der Waals surface area contributed by atoms with Crippen molar-refractivity contribution >= 4 is 65.5 Å². The number of aromatic nitrogens is 2. The van der Waals surface area contributed by atoms with E-state index in [2.05, 4.69) is 47.1 Å². The van der Waals surface area contributed by atoms with Gasteiger partial charge in [0.15, 0.2) is 5.60 Å². The van der Waals surface area contributed by atoms with Gasteiger partial charge in [-0.25, -0.2) is 0 Å². The second-order valence-electron chi connectivity index (χ2n) is 10.9. The van der Waals surface area contributed by atoms with Gasteiger partial charge in [0.2, 0.25) is 5.72 Å². The maximum Gasteiger partial charge on any atom is 0.274 e. The van der Waals surface area contributed by atoms with E-state index in [-0.39, 0.29) is 19.5 Å². The monoisotopic (exact) mass is 702 g/mol. The first kappa shape index (κ1) is 30.7. The standard InChI is InChI=1S/C30H36Br2N6O4/c31-19-5-7-21-18(16-36-24(21)13-19)15-29(41)26(23-17-37-25-14-20(32)6-8-22(23)25)30(42,27(39)35-11-3-1-9-33)38(28(29)40)12-4-2-10-34/h5-8,13-14,16-17,26,36-37,41-42H,1-4,9-12,15,33-34H2,(H,35,39)/t26-,29-,30-/m1/s1. The molecule has 2 amide bonds. The first-order chi connectivity index (χ1) is 20.1. The van der Waals surface area contributed by atoms with Crippen molar-refractivity contribution in [3.05, 3.63) is 68.9 Å². The van der Waals surface area contributed by atoms with E-state index >= 15 is 0 Å². The zero-order chi connectivity index (χ0) is 30.1. The minimum atomic E-state index is -2.37. The van der Waals surface area contributed by atoms with Gasteiger partial charge >= 0.3 is 0 Å². The summed E-state index contributed by atoms with van der Waals surface area (Å²) >= 11 is 6.97. The molecule has 3 heterocycles. The zero-order valence-corrected chi connectivity index (χ0v) is 26.3. The minimum absolute atomic E-state index is 0.0519. The van der Waals surface area contributed by atoms with Crippen LogP contribution in [0, 0.1) is 0 Å². The highest BCUT2D eigenvalue weighted by atomic mass is 79.9. The Labute approximate surface area is 260 Å². The maximum atomic E-state index is 14.4. The third-order valence-electron chi connectivity index (χ3n) is 8.17. The van der Waals surface area contributed by atoms with Crippen LogP contribution in [0.1, 0.15) is 42.7 Å². The van der Waals surface area contributed by atoms with Crippen LogP contribution in [0.5, 0.6) is 0 Å². The number of aromatic amines is 2. The lowest BCUT2D eigenvalue weighted by Gasteiger charge is -2.37. The van der Waals surface area contributed by atoms with Crippen molar-refractivity contribution in [2.24, 2.45) is 11.5 Å². The zero-order valence-electron chi connectivity index (χ0n) is 23.1. The second kappa shape index (κ2) is 12.5. The minimum Gasteiger partial charge on any atom is -0.379 e. The van der Waals surface area contributed by atoms with Crippen LogP contribution in [-0.2, 0) is 16.0 Å². The molecule has 0 spiro atoms. The fourth-order valence-corrected chi connectivity index (χ4v) is 6.87. The number of aliphatic hydroxyl groups is 2. The van der Waals surface area contributed by atoms with Gasteiger partial charge in [0, 0.05) is 62.7 Å². The lowest BCUT2D eigenvalue weighted by Crippen LogP contribution is -2.59. The highest BCUT2D eigenvalue weighted by Crippen LogP contribution is 2.51. The van der Waals surface area contributed by atoms with E-state index in [1.807, 2.05) is 36.4 Å². The topological polar surface area (TPSA) is 173 Å². The Bertz CT molecular complexity index is 1610. The summed E-state index contributed by atoms with van der Waals surface area (Å²) in [5.74, 6) is -2.77. The number of nitrogens with one attached hydrogen (secondary N) is 3. The molecule has 4 aromatic rings. The molecule has 0 radical (unpaired) electrons. The maximum absolute atomic E-state index is 14.4. The van der Waals surface area contributed by atoms with Crippen molar-refractivity contribution < 1.29 is 19.8 Å². The molecule has 5 rings (SSSR count). The third kappa shape index (κ3) is 5.40. The molecule has 2 aromatic carbocycles. The number of nitrogens with zero attached hydrogens (tertiary/aromatic N) is 1. The SMILES string of the molecule is NCCCCNC(=O)[C@]1(O)[C@H](c2c[nH]c3cc(Br)ccc23)[C@](O)(Cc2c[nH]c3cc(Br)ccc23)C(=O)N1CCCCN. The molecule has 1 saturated heterocycles. The average molecular weight is 704 g/mol. The Kier molecular flexibility index (Phi) is 9.12. The molecule has 42 heavy (non-hydrogen) atoms. The van der Waals surface area contributed by atoms with Crippen molar-refractivity contribution in [2.75, 3.05) is 26.2 Å². The van der Waals surface area contributed by atoms with E-state index in [9.17, 15) is 19.8 Å². The molecule has 1 fully saturated rings. The highest BCUT2D eigenvalue weighted by Gasteiger charge is 2.70. The number of carbonyl (C=O) groups excluding carboxylic acids is 2. The van der Waals surface area contributed by atoms with Gasteiger partial charge in [0.25, 0.3) is 11.8 Å². The Balaban J connectivity index is 1.67. The van der Waals surface area contributed by atoms with Crippen LogP contribution in [0.15, 0.2) is 57.7 Å². The molecule has 224 valence electrons. The largest absolute Gasteiger partial charge is 0.379 e. The molecule has 12 heteroatoms. The summed E-state index contributed by atoms with van der Waals surface area (Å²) in [4.78, 5) is 35.9. The molecular formula is C30H36Br2N6O4. The van der Waals surface area contributed by atoms with Crippen molar-refractivity contribution in [1.29, 1.82) is 0 Å². The number of amides is 2. The van der Waals surface area contributed by atoms with E-state index < -0.39 is 29.1 Å². The van der Waals surface area contributed by atoms with Crippen LogP contribution >= 0.6 is 31.9 Å². The van der Waals surface area contributed by atoms with Crippen LogP contribution in [0.3, 0.4) is 0 Å². The summed E-state index contributed by atoms with van der Waals surface area (Å²) in [6, 6.07) is 11.3. The van der Waals surface area contributed by atoms with E-state index in [1.165, 1.54) is 0 Å². The molecule has 1 aliphatic rings. The van der Waals surface area contributed by atoms with Crippen LogP contribution in [-0.4, -0.2) is 74.4 Å². The molecule has 0 saturated carbocycles. The second-order valence-corrected chi connectivity index (χ2v) is 12.7. The van der Waals surface area contributed by atoms with E-state index in [1.54, 1.807) is 12.4 Å². The Morgan fingerprint density at radius 1 is 0.929 bits per heavy atom. The number of nitrogens with two attached hydrogens (primary N) is 2. The van der Waals surface area contributed by atoms with Crippen molar-refractivity contribution in [3.63, 3.8) is 0 Å². The van der Waals surface area contributed by atoms with Gasteiger partial charge in [-0.1, -0.05) is 44.0 Å². The Morgan fingerprint density at radius 2 is 1.55 bits per heavy atom. The fraction of sp³-hybridized carbons (Fsp3) is 0.400. The number of H-pyrrole nitrogens is 2. The number of carbonyl (C=O) groups is 2. The Morgan fingerprint density at radius 3 is 2.24 bits per heavy atom. The first-order valence-electron chi connectivity index (χ1n) is 14.1. The van der Waals surface area contributed by atoms with E-state index in [0.29, 0.717) is 55.3 Å². The molecule has 0 bridgehead atoms. The Hall–Kier alpha value is -2.74. The van der Waals surface area contributed by atoms with E-state index in [4.69, 9.17) is 11.5 Å². The van der Waals surface area contributed by atoms with Crippen molar-refractivity contribution in [1.82, 2.24) is 20.2 Å². The molecular weight excluding hydrogens is 668 g/mol. The van der Waals surface area contributed by atoms with Gasteiger partial charge in [-0.2, -0.15) is 0 Å². The van der Waals surface area contributed by atoms with Gasteiger partial charge in [-0.3, -0.25) is 9.59 Å². The smallest absolute Gasteiger partial charge is 0.274 e. The average Bonchev–Trinajstić information content (AvgIpc) is 3.59. The number of likely N-dealkylation sites (tertiary alicyclic amines) is 1. The molecule has 0 unspecified atom stereocenters. The quantitative estimate of drug-likeness (QED) is 0.112. The lowest BCUT2D eigenvalue weighted by molar-refractivity contribution is -0.167. The predicted octanol–water partition coefficient (Wildman–Crippen LogP) is 3.36. The first-order valence-corrected chi connectivity index (χ1v) is 15.7. The van der Waals surface area contributed by atoms with Crippen LogP contribution in [0.2, 0.25) is 0 Å². The molecule has 0 aliphatic carbocycles. The number of benzene rings is 2. The number of halogens is 2. The van der Waals surface area contributed by atoms with Gasteiger partial charge in [-0.15, -0.1) is 0 Å². The van der Waals surface area contributed by atoms with E-state index in [0.717, 1.165) is 30.3 Å².